The maximum absolute atomic E-state index is 12.5. The first kappa shape index (κ1) is 20.6. The molecule has 0 unspecified atom stereocenters. The van der Waals surface area contributed by atoms with Crippen molar-refractivity contribution in [3.63, 3.8) is 0 Å². The molecule has 1 heterocycles. The third-order valence-electron chi connectivity index (χ3n) is 4.05. The second-order valence-corrected chi connectivity index (χ2v) is 9.02. The van der Waals surface area contributed by atoms with Crippen LogP contribution < -0.4 is 0 Å². The molecule has 1 aliphatic heterocycles. The summed E-state index contributed by atoms with van der Waals surface area (Å²) < 4.78 is 0.527. The Kier molecular flexibility index (Phi) is 6.53. The Hall–Kier alpha value is -2.16. The molecule has 0 spiro atoms. The van der Waals surface area contributed by atoms with E-state index in [9.17, 15) is 14.9 Å². The number of aryl methyl sites for hydroxylation is 1. The van der Waals surface area contributed by atoms with E-state index in [0.717, 1.165) is 16.9 Å². The predicted octanol–water partition coefficient (Wildman–Crippen LogP) is 5.67. The molecular formula is C20H18N2O3S3. The maximum Gasteiger partial charge on any atom is 0.283 e. The topological polar surface area (TPSA) is 63.5 Å². The molecule has 2 aromatic carbocycles. The number of rotatable bonds is 6. The van der Waals surface area contributed by atoms with Crippen molar-refractivity contribution in [2.45, 2.75) is 30.1 Å². The van der Waals surface area contributed by atoms with Crippen LogP contribution in [0, 0.1) is 17.0 Å². The Morgan fingerprint density at radius 1 is 1.25 bits per heavy atom. The molecule has 0 aliphatic carbocycles. The van der Waals surface area contributed by atoms with Gasteiger partial charge in [-0.2, -0.15) is 0 Å². The third-order valence-corrected chi connectivity index (χ3v) is 6.50. The fourth-order valence-electron chi connectivity index (χ4n) is 2.65. The van der Waals surface area contributed by atoms with Gasteiger partial charge in [0.1, 0.15) is 4.32 Å². The van der Waals surface area contributed by atoms with Crippen LogP contribution in [0.2, 0.25) is 0 Å². The van der Waals surface area contributed by atoms with Crippen molar-refractivity contribution in [1.29, 1.82) is 0 Å². The monoisotopic (exact) mass is 430 g/mol. The number of nitro groups is 1. The molecule has 144 valence electrons. The number of benzene rings is 2. The zero-order chi connectivity index (χ0) is 20.3. The first-order valence-electron chi connectivity index (χ1n) is 8.67. The largest absolute Gasteiger partial charge is 0.293 e. The van der Waals surface area contributed by atoms with Crippen LogP contribution in [-0.2, 0) is 4.79 Å². The summed E-state index contributed by atoms with van der Waals surface area (Å²) in [6.45, 7) is 4.55. The minimum absolute atomic E-state index is 0.0170. The molecule has 0 radical (unpaired) electrons. The fraction of sp³-hybridized carbons (Fsp3) is 0.200. The van der Waals surface area contributed by atoms with Crippen molar-refractivity contribution >= 4 is 57.7 Å². The van der Waals surface area contributed by atoms with Crippen molar-refractivity contribution in [3.05, 3.63) is 68.6 Å². The second-order valence-electron chi connectivity index (χ2n) is 6.23. The third kappa shape index (κ3) is 4.63. The van der Waals surface area contributed by atoms with Crippen LogP contribution in [0.3, 0.4) is 0 Å². The normalized spacial score (nSPS) is 15.5. The minimum Gasteiger partial charge on any atom is -0.293 e. The smallest absolute Gasteiger partial charge is 0.283 e. The van der Waals surface area contributed by atoms with Crippen molar-refractivity contribution in [1.82, 2.24) is 4.90 Å². The SMILES string of the molecule is CCCN1C(=O)C(=Cc2ccc(Sc3ccc(C)cc3)c([N+](=O)[O-])c2)SC1=S. The number of thioether (sulfide) groups is 1. The van der Waals surface area contributed by atoms with E-state index in [4.69, 9.17) is 12.2 Å². The van der Waals surface area contributed by atoms with Crippen molar-refractivity contribution in [2.75, 3.05) is 6.54 Å². The Balaban J connectivity index is 1.89. The molecule has 3 rings (SSSR count). The first-order chi connectivity index (χ1) is 13.4. The molecule has 8 heteroatoms. The molecule has 28 heavy (non-hydrogen) atoms. The molecule has 1 aliphatic rings. The molecule has 1 amide bonds. The zero-order valence-corrected chi connectivity index (χ0v) is 17.8. The van der Waals surface area contributed by atoms with Crippen molar-refractivity contribution in [3.8, 4) is 0 Å². The second kappa shape index (κ2) is 8.89. The Morgan fingerprint density at radius 3 is 2.61 bits per heavy atom. The van der Waals surface area contributed by atoms with E-state index in [0.29, 0.717) is 26.2 Å². The zero-order valence-electron chi connectivity index (χ0n) is 15.4. The highest BCUT2D eigenvalue weighted by Gasteiger charge is 2.31. The summed E-state index contributed by atoms with van der Waals surface area (Å²) in [6, 6.07) is 12.8. The van der Waals surface area contributed by atoms with Gasteiger partial charge in [-0.15, -0.1) is 0 Å². The van der Waals surface area contributed by atoms with Gasteiger partial charge in [-0.1, -0.05) is 66.4 Å². The number of nitrogens with zero attached hydrogens (tertiary/aromatic N) is 2. The number of hydrogen-bond acceptors (Lipinski definition) is 6. The molecule has 0 bridgehead atoms. The number of amides is 1. The summed E-state index contributed by atoms with van der Waals surface area (Å²) in [6.07, 6.45) is 2.48. The average molecular weight is 431 g/mol. The van der Waals surface area contributed by atoms with E-state index in [2.05, 4.69) is 0 Å². The van der Waals surface area contributed by atoms with E-state index < -0.39 is 4.92 Å². The number of carbonyl (C=O) groups excluding carboxylic acids is 1. The molecule has 0 aromatic heterocycles. The van der Waals surface area contributed by atoms with Crippen LogP contribution in [0.5, 0.6) is 0 Å². The van der Waals surface area contributed by atoms with E-state index >= 15 is 0 Å². The van der Waals surface area contributed by atoms with Gasteiger partial charge in [0.25, 0.3) is 11.6 Å². The first-order valence-corrected chi connectivity index (χ1v) is 10.7. The van der Waals surface area contributed by atoms with Gasteiger partial charge in [0, 0.05) is 17.5 Å². The van der Waals surface area contributed by atoms with Gasteiger partial charge >= 0.3 is 0 Å². The molecular weight excluding hydrogens is 412 g/mol. The van der Waals surface area contributed by atoms with Gasteiger partial charge in [0.15, 0.2) is 0 Å². The van der Waals surface area contributed by atoms with Crippen LogP contribution >= 0.6 is 35.7 Å². The van der Waals surface area contributed by atoms with Gasteiger partial charge in [0.2, 0.25) is 0 Å². The minimum atomic E-state index is -0.393. The van der Waals surface area contributed by atoms with Gasteiger partial charge < -0.3 is 0 Å². The lowest BCUT2D eigenvalue weighted by atomic mass is 10.2. The molecule has 0 saturated carbocycles. The van der Waals surface area contributed by atoms with E-state index in [1.54, 1.807) is 23.1 Å². The highest BCUT2D eigenvalue weighted by molar-refractivity contribution is 8.26. The lowest BCUT2D eigenvalue weighted by Crippen LogP contribution is -2.28. The summed E-state index contributed by atoms with van der Waals surface area (Å²) in [5, 5.41) is 11.6. The van der Waals surface area contributed by atoms with Crippen LogP contribution in [0.15, 0.2) is 57.2 Å². The average Bonchev–Trinajstić information content (AvgIpc) is 2.92. The van der Waals surface area contributed by atoms with Crippen LogP contribution in [0.25, 0.3) is 6.08 Å². The van der Waals surface area contributed by atoms with Gasteiger partial charge in [-0.25, -0.2) is 0 Å². The molecule has 0 atom stereocenters. The van der Waals surface area contributed by atoms with Crippen LogP contribution in [0.4, 0.5) is 5.69 Å². The number of nitro benzene ring substituents is 1. The van der Waals surface area contributed by atoms with E-state index in [-0.39, 0.29) is 11.6 Å². The van der Waals surface area contributed by atoms with Gasteiger partial charge in [-0.3, -0.25) is 19.8 Å². The van der Waals surface area contributed by atoms with E-state index in [1.807, 2.05) is 38.1 Å². The summed E-state index contributed by atoms with van der Waals surface area (Å²) in [4.78, 5) is 27.2. The van der Waals surface area contributed by atoms with Crippen LogP contribution in [0.1, 0.15) is 24.5 Å². The predicted molar refractivity (Wildman–Crippen MR) is 119 cm³/mol. The number of thiocarbonyl (C=S) groups is 1. The highest BCUT2D eigenvalue weighted by Crippen LogP contribution is 2.37. The molecule has 0 N–H and O–H groups in total. The van der Waals surface area contributed by atoms with E-state index in [1.165, 1.54) is 29.6 Å². The molecule has 5 nitrogen and oxygen atoms in total. The van der Waals surface area contributed by atoms with Crippen molar-refractivity contribution in [2.24, 2.45) is 0 Å². The Bertz CT molecular complexity index is 971. The summed E-state index contributed by atoms with van der Waals surface area (Å²) in [5.41, 5.74) is 1.76. The van der Waals surface area contributed by atoms with Gasteiger partial charge in [0.05, 0.1) is 14.7 Å². The standard InChI is InChI=1S/C20H18N2O3S3/c1-3-10-21-19(23)18(28-20(21)26)12-14-6-9-17(16(11-14)22(24)25)27-15-7-4-13(2)5-8-15/h4-9,11-12H,3,10H2,1-2H3. The summed E-state index contributed by atoms with van der Waals surface area (Å²) >= 11 is 7.84. The van der Waals surface area contributed by atoms with Crippen molar-refractivity contribution < 1.29 is 9.72 Å². The fourth-order valence-corrected chi connectivity index (χ4v) is 4.86. The highest BCUT2D eigenvalue weighted by atomic mass is 32.2. The van der Waals surface area contributed by atoms with Gasteiger partial charge in [-0.05, 0) is 43.2 Å². The molecule has 1 saturated heterocycles. The maximum atomic E-state index is 12.5. The van der Waals surface area contributed by atoms with Crippen LogP contribution in [-0.4, -0.2) is 26.6 Å². The quantitative estimate of drug-likeness (QED) is 0.255. The lowest BCUT2D eigenvalue weighted by Gasteiger charge is -2.11. The molecule has 2 aromatic rings. The lowest BCUT2D eigenvalue weighted by molar-refractivity contribution is -0.387. The number of carbonyl (C=O) groups is 1. The summed E-state index contributed by atoms with van der Waals surface area (Å²) in [7, 11) is 0. The Labute approximate surface area is 177 Å². The number of hydrogen-bond donors (Lipinski definition) is 0. The Morgan fingerprint density at radius 2 is 1.96 bits per heavy atom. The molecule has 1 fully saturated rings. The summed E-state index contributed by atoms with van der Waals surface area (Å²) in [5.74, 6) is -0.141.